The number of nitrogens with two attached hydrogens (primary N) is 1. The van der Waals surface area contributed by atoms with Gasteiger partial charge in [0.25, 0.3) is 0 Å². The van der Waals surface area contributed by atoms with Crippen molar-refractivity contribution in [3.05, 3.63) is 35.6 Å². The van der Waals surface area contributed by atoms with E-state index in [-0.39, 0.29) is 11.9 Å². The van der Waals surface area contributed by atoms with Crippen LogP contribution in [0.15, 0.2) is 24.3 Å². The van der Waals surface area contributed by atoms with Gasteiger partial charge in [-0.1, -0.05) is 12.1 Å². The maximum atomic E-state index is 12.8. The molecule has 0 bridgehead atoms. The summed E-state index contributed by atoms with van der Waals surface area (Å²) >= 11 is 0. The zero-order valence-electron chi connectivity index (χ0n) is 8.82. The Hall–Kier alpha value is -0.930. The summed E-state index contributed by atoms with van der Waals surface area (Å²) in [5.74, 6) is -0.184. The van der Waals surface area contributed by atoms with Crippen LogP contribution < -0.4 is 5.73 Å². The zero-order valence-corrected chi connectivity index (χ0v) is 8.82. The summed E-state index contributed by atoms with van der Waals surface area (Å²) in [7, 11) is 0. The van der Waals surface area contributed by atoms with E-state index < -0.39 is 0 Å². The van der Waals surface area contributed by atoms with E-state index in [1.807, 2.05) is 12.1 Å². The maximum absolute atomic E-state index is 12.8. The molecule has 3 heteroatoms. The fourth-order valence-electron chi connectivity index (χ4n) is 2.23. The summed E-state index contributed by atoms with van der Waals surface area (Å²) in [6.07, 6.45) is 2.50. The summed E-state index contributed by atoms with van der Waals surface area (Å²) in [6, 6.07) is 6.95. The smallest absolute Gasteiger partial charge is 0.123 e. The van der Waals surface area contributed by atoms with Crippen LogP contribution in [0.2, 0.25) is 0 Å². The zero-order chi connectivity index (χ0) is 10.7. The topological polar surface area (TPSA) is 29.3 Å². The highest BCUT2D eigenvalue weighted by molar-refractivity contribution is 5.20. The maximum Gasteiger partial charge on any atom is 0.123 e. The van der Waals surface area contributed by atoms with E-state index in [0.29, 0.717) is 6.54 Å². The van der Waals surface area contributed by atoms with Gasteiger partial charge >= 0.3 is 0 Å². The van der Waals surface area contributed by atoms with Gasteiger partial charge in [-0.3, -0.25) is 4.90 Å². The van der Waals surface area contributed by atoms with Gasteiger partial charge in [-0.05, 0) is 43.6 Å². The normalized spacial score (nSPS) is 19.3. The van der Waals surface area contributed by atoms with Crippen LogP contribution in [-0.2, 0) is 0 Å². The third-order valence-corrected chi connectivity index (χ3v) is 3.06. The molecule has 1 fully saturated rings. The molecule has 1 aliphatic rings. The van der Waals surface area contributed by atoms with Gasteiger partial charge in [-0.2, -0.15) is 0 Å². The fraction of sp³-hybridized carbons (Fsp3) is 0.500. The molecule has 82 valence electrons. The van der Waals surface area contributed by atoms with Crippen molar-refractivity contribution in [2.75, 3.05) is 19.6 Å². The highest BCUT2D eigenvalue weighted by Crippen LogP contribution is 2.24. The number of nitrogens with zero attached hydrogens (tertiary/aromatic N) is 1. The molecule has 0 spiro atoms. The Morgan fingerprint density at radius 3 is 2.33 bits per heavy atom. The molecule has 0 saturated carbocycles. The van der Waals surface area contributed by atoms with Crippen LogP contribution in [0.4, 0.5) is 4.39 Å². The summed E-state index contributed by atoms with van der Waals surface area (Å²) in [4.78, 5) is 2.38. The predicted molar refractivity (Wildman–Crippen MR) is 59.0 cm³/mol. The molecule has 15 heavy (non-hydrogen) atoms. The van der Waals surface area contributed by atoms with E-state index in [2.05, 4.69) is 4.90 Å². The highest BCUT2D eigenvalue weighted by Gasteiger charge is 2.21. The van der Waals surface area contributed by atoms with E-state index in [1.54, 1.807) is 0 Å². The first-order chi connectivity index (χ1) is 7.31. The highest BCUT2D eigenvalue weighted by atomic mass is 19.1. The fourth-order valence-corrected chi connectivity index (χ4v) is 2.23. The monoisotopic (exact) mass is 208 g/mol. The Morgan fingerprint density at radius 1 is 1.20 bits per heavy atom. The van der Waals surface area contributed by atoms with Gasteiger partial charge in [0.1, 0.15) is 5.82 Å². The van der Waals surface area contributed by atoms with Gasteiger partial charge in [-0.15, -0.1) is 0 Å². The molecule has 1 aromatic carbocycles. The van der Waals surface area contributed by atoms with Gasteiger partial charge in [0.2, 0.25) is 0 Å². The SMILES string of the molecule is NC[C@H](c1ccc(F)cc1)N1CCCC1. The molecule has 0 amide bonds. The Balaban J connectivity index is 2.14. The van der Waals surface area contributed by atoms with Gasteiger partial charge < -0.3 is 5.73 Å². The molecular weight excluding hydrogens is 191 g/mol. The second-order valence-electron chi connectivity index (χ2n) is 4.05. The minimum absolute atomic E-state index is 0.184. The molecule has 2 nitrogen and oxygen atoms in total. The Kier molecular flexibility index (Phi) is 3.34. The van der Waals surface area contributed by atoms with Crippen LogP contribution in [-0.4, -0.2) is 24.5 Å². The molecule has 1 aliphatic heterocycles. The van der Waals surface area contributed by atoms with Crippen molar-refractivity contribution in [3.8, 4) is 0 Å². The molecule has 1 heterocycles. The number of likely N-dealkylation sites (tertiary alicyclic amines) is 1. The second kappa shape index (κ2) is 4.73. The quantitative estimate of drug-likeness (QED) is 0.822. The molecule has 0 aromatic heterocycles. The summed E-state index contributed by atoms with van der Waals surface area (Å²) in [6.45, 7) is 2.82. The lowest BCUT2D eigenvalue weighted by atomic mass is 10.1. The van der Waals surface area contributed by atoms with Gasteiger partial charge in [0.15, 0.2) is 0 Å². The third-order valence-electron chi connectivity index (χ3n) is 3.06. The lowest BCUT2D eigenvalue weighted by Gasteiger charge is -2.26. The molecule has 2 N–H and O–H groups in total. The van der Waals surface area contributed by atoms with E-state index in [4.69, 9.17) is 5.73 Å². The third kappa shape index (κ3) is 2.36. The summed E-state index contributed by atoms with van der Waals surface area (Å²) in [5, 5.41) is 0. The van der Waals surface area contributed by atoms with Crippen molar-refractivity contribution in [2.24, 2.45) is 5.73 Å². The molecule has 1 saturated heterocycles. The van der Waals surface area contributed by atoms with E-state index in [1.165, 1.54) is 25.0 Å². The Morgan fingerprint density at radius 2 is 1.80 bits per heavy atom. The average molecular weight is 208 g/mol. The molecule has 0 aliphatic carbocycles. The average Bonchev–Trinajstić information content (AvgIpc) is 2.75. The Labute approximate surface area is 89.9 Å². The van der Waals surface area contributed by atoms with Crippen LogP contribution in [0.3, 0.4) is 0 Å². The first-order valence-electron chi connectivity index (χ1n) is 5.51. The van der Waals surface area contributed by atoms with E-state index in [0.717, 1.165) is 18.7 Å². The number of rotatable bonds is 3. The van der Waals surface area contributed by atoms with Gasteiger partial charge in [-0.25, -0.2) is 4.39 Å². The van der Waals surface area contributed by atoms with Gasteiger partial charge in [0.05, 0.1) is 0 Å². The Bertz CT molecular complexity index is 304. The molecule has 1 atom stereocenters. The molecule has 0 radical (unpaired) electrons. The number of hydrogen-bond acceptors (Lipinski definition) is 2. The van der Waals surface area contributed by atoms with Crippen molar-refractivity contribution in [1.82, 2.24) is 4.90 Å². The summed E-state index contributed by atoms with van der Waals surface area (Å²) < 4.78 is 12.8. The summed E-state index contributed by atoms with van der Waals surface area (Å²) in [5.41, 5.74) is 6.91. The standard InChI is InChI=1S/C12H17FN2/c13-11-5-3-10(4-6-11)12(9-14)15-7-1-2-8-15/h3-6,12H,1-2,7-9,14H2/t12-/m1/s1. The van der Waals surface area contributed by atoms with Crippen LogP contribution in [0.5, 0.6) is 0 Å². The molecular formula is C12H17FN2. The number of benzene rings is 1. The van der Waals surface area contributed by atoms with Crippen LogP contribution in [0, 0.1) is 5.82 Å². The van der Waals surface area contributed by atoms with Crippen molar-refractivity contribution in [1.29, 1.82) is 0 Å². The number of halogens is 1. The van der Waals surface area contributed by atoms with Crippen molar-refractivity contribution in [3.63, 3.8) is 0 Å². The lowest BCUT2D eigenvalue weighted by molar-refractivity contribution is 0.251. The first-order valence-corrected chi connectivity index (χ1v) is 5.51. The molecule has 1 aromatic rings. The van der Waals surface area contributed by atoms with Crippen LogP contribution in [0.1, 0.15) is 24.4 Å². The molecule has 2 rings (SSSR count). The van der Waals surface area contributed by atoms with Crippen molar-refractivity contribution >= 4 is 0 Å². The second-order valence-corrected chi connectivity index (χ2v) is 4.05. The molecule has 0 unspecified atom stereocenters. The number of hydrogen-bond donors (Lipinski definition) is 1. The van der Waals surface area contributed by atoms with Crippen LogP contribution in [0.25, 0.3) is 0 Å². The van der Waals surface area contributed by atoms with Crippen molar-refractivity contribution < 1.29 is 4.39 Å². The van der Waals surface area contributed by atoms with E-state index in [9.17, 15) is 4.39 Å². The van der Waals surface area contributed by atoms with Gasteiger partial charge in [0, 0.05) is 12.6 Å². The first kappa shape index (κ1) is 10.6. The van der Waals surface area contributed by atoms with E-state index >= 15 is 0 Å². The largest absolute Gasteiger partial charge is 0.329 e. The van der Waals surface area contributed by atoms with Crippen molar-refractivity contribution in [2.45, 2.75) is 18.9 Å². The predicted octanol–water partition coefficient (Wildman–Crippen LogP) is 1.92. The lowest BCUT2D eigenvalue weighted by Crippen LogP contribution is -2.31. The minimum atomic E-state index is -0.184. The minimum Gasteiger partial charge on any atom is -0.329 e. The van der Waals surface area contributed by atoms with Crippen LogP contribution >= 0.6 is 0 Å².